The molecule has 144 valence electrons. The smallest absolute Gasteiger partial charge is 0.252 e. The molecule has 0 bridgehead atoms. The number of hydrogen-bond donors (Lipinski definition) is 2. The number of hydrogen-bond acceptors (Lipinski definition) is 4. The van der Waals surface area contributed by atoms with Gasteiger partial charge in [0.05, 0.1) is 11.3 Å². The van der Waals surface area contributed by atoms with Crippen LogP contribution in [0, 0.1) is 0 Å². The summed E-state index contributed by atoms with van der Waals surface area (Å²) in [6.07, 6.45) is 0. The first kappa shape index (κ1) is 21.0. The van der Waals surface area contributed by atoms with Crippen LogP contribution in [0.15, 0.2) is 53.4 Å². The van der Waals surface area contributed by atoms with Gasteiger partial charge < -0.3 is 11.1 Å². The highest BCUT2D eigenvalue weighted by Crippen LogP contribution is 2.22. The lowest BCUT2D eigenvalue weighted by atomic mass is 10.1. The standard InChI is InChI=1S/C21H27N3O2S/c1-3-24(4-2)14-17-10-6-5-9-16(17)13-23-21(26)18-11-7-8-12-19(18)27-15-20(22)25/h5-12H,3-4,13-15H2,1-2H3,(H2,22,25)(H,23,26). The topological polar surface area (TPSA) is 75.4 Å². The predicted molar refractivity (Wildman–Crippen MR) is 111 cm³/mol. The zero-order valence-electron chi connectivity index (χ0n) is 15.9. The summed E-state index contributed by atoms with van der Waals surface area (Å²) in [6.45, 7) is 7.60. The van der Waals surface area contributed by atoms with Crippen molar-refractivity contribution in [3.05, 3.63) is 65.2 Å². The summed E-state index contributed by atoms with van der Waals surface area (Å²) in [7, 11) is 0. The maximum atomic E-state index is 12.7. The van der Waals surface area contributed by atoms with Crippen LogP contribution in [0.2, 0.25) is 0 Å². The number of primary amides is 1. The highest BCUT2D eigenvalue weighted by atomic mass is 32.2. The van der Waals surface area contributed by atoms with Gasteiger partial charge in [0.25, 0.3) is 5.91 Å². The van der Waals surface area contributed by atoms with Gasteiger partial charge in [-0.3, -0.25) is 14.5 Å². The second-order valence-corrected chi connectivity index (χ2v) is 7.18. The SMILES string of the molecule is CCN(CC)Cc1ccccc1CNC(=O)c1ccccc1SCC(N)=O. The summed E-state index contributed by atoms with van der Waals surface area (Å²) in [6, 6.07) is 15.4. The van der Waals surface area contributed by atoms with Crippen LogP contribution in [0.25, 0.3) is 0 Å². The van der Waals surface area contributed by atoms with Crippen LogP contribution in [0.3, 0.4) is 0 Å². The van der Waals surface area contributed by atoms with Gasteiger partial charge in [0.15, 0.2) is 0 Å². The first-order chi connectivity index (χ1) is 13.0. The minimum Gasteiger partial charge on any atom is -0.369 e. The van der Waals surface area contributed by atoms with Crippen molar-refractivity contribution in [3.8, 4) is 0 Å². The van der Waals surface area contributed by atoms with Crippen LogP contribution in [-0.4, -0.2) is 35.6 Å². The van der Waals surface area contributed by atoms with Crippen LogP contribution >= 0.6 is 11.8 Å². The molecule has 2 amide bonds. The van der Waals surface area contributed by atoms with Gasteiger partial charge >= 0.3 is 0 Å². The summed E-state index contributed by atoms with van der Waals surface area (Å²) >= 11 is 1.28. The summed E-state index contributed by atoms with van der Waals surface area (Å²) in [5, 5.41) is 3.01. The molecule has 2 aromatic rings. The Kier molecular flexibility index (Phi) is 8.36. The molecule has 0 radical (unpaired) electrons. The Morgan fingerprint density at radius 2 is 1.63 bits per heavy atom. The Balaban J connectivity index is 2.07. The van der Waals surface area contributed by atoms with E-state index in [0.29, 0.717) is 12.1 Å². The first-order valence-electron chi connectivity index (χ1n) is 9.12. The lowest BCUT2D eigenvalue weighted by Gasteiger charge is -2.20. The molecule has 2 aromatic carbocycles. The third-order valence-corrected chi connectivity index (χ3v) is 5.44. The van der Waals surface area contributed by atoms with Gasteiger partial charge in [-0.25, -0.2) is 0 Å². The molecule has 2 rings (SSSR count). The van der Waals surface area contributed by atoms with E-state index in [2.05, 4.69) is 30.1 Å². The molecular formula is C21H27N3O2S. The number of carbonyl (C=O) groups is 2. The molecular weight excluding hydrogens is 358 g/mol. The van der Waals surface area contributed by atoms with Crippen molar-refractivity contribution in [2.75, 3.05) is 18.8 Å². The number of nitrogens with one attached hydrogen (secondary N) is 1. The van der Waals surface area contributed by atoms with E-state index in [1.807, 2.05) is 36.4 Å². The summed E-state index contributed by atoms with van der Waals surface area (Å²) in [4.78, 5) is 26.8. The van der Waals surface area contributed by atoms with E-state index in [4.69, 9.17) is 5.73 Å². The lowest BCUT2D eigenvalue weighted by molar-refractivity contribution is -0.115. The van der Waals surface area contributed by atoms with E-state index in [1.54, 1.807) is 6.07 Å². The molecule has 0 saturated heterocycles. The number of nitrogens with zero attached hydrogens (tertiary/aromatic N) is 1. The van der Waals surface area contributed by atoms with E-state index < -0.39 is 5.91 Å². The molecule has 0 saturated carbocycles. The maximum Gasteiger partial charge on any atom is 0.252 e. The largest absolute Gasteiger partial charge is 0.369 e. The highest BCUT2D eigenvalue weighted by molar-refractivity contribution is 8.00. The average molecular weight is 386 g/mol. The highest BCUT2D eigenvalue weighted by Gasteiger charge is 2.13. The molecule has 0 atom stereocenters. The van der Waals surface area contributed by atoms with Gasteiger partial charge in [-0.05, 0) is 36.3 Å². The van der Waals surface area contributed by atoms with Crippen molar-refractivity contribution < 1.29 is 9.59 Å². The molecule has 0 heterocycles. The van der Waals surface area contributed by atoms with E-state index in [-0.39, 0.29) is 11.7 Å². The molecule has 5 nitrogen and oxygen atoms in total. The van der Waals surface area contributed by atoms with Crippen molar-refractivity contribution >= 4 is 23.6 Å². The number of rotatable bonds is 10. The van der Waals surface area contributed by atoms with Gasteiger partial charge in [0.1, 0.15) is 0 Å². The summed E-state index contributed by atoms with van der Waals surface area (Å²) < 4.78 is 0. The van der Waals surface area contributed by atoms with Gasteiger partial charge in [-0.1, -0.05) is 50.2 Å². The Bertz CT molecular complexity index is 776. The minimum atomic E-state index is -0.402. The molecule has 0 aromatic heterocycles. The number of benzene rings is 2. The second-order valence-electron chi connectivity index (χ2n) is 6.16. The minimum absolute atomic E-state index is 0.150. The van der Waals surface area contributed by atoms with Gasteiger partial charge in [-0.15, -0.1) is 11.8 Å². The Hall–Kier alpha value is -2.31. The van der Waals surface area contributed by atoms with Crippen molar-refractivity contribution in [1.82, 2.24) is 10.2 Å². The quantitative estimate of drug-likeness (QED) is 0.617. The predicted octanol–water partition coefficient (Wildman–Crippen LogP) is 3.04. The zero-order valence-corrected chi connectivity index (χ0v) is 16.7. The van der Waals surface area contributed by atoms with Gasteiger partial charge in [0.2, 0.25) is 5.91 Å². The molecule has 27 heavy (non-hydrogen) atoms. The molecule has 0 aliphatic heterocycles. The van der Waals surface area contributed by atoms with Crippen LogP contribution in [-0.2, 0) is 17.9 Å². The number of amides is 2. The van der Waals surface area contributed by atoms with Crippen molar-refractivity contribution in [2.24, 2.45) is 5.73 Å². The Labute approximate surface area is 165 Å². The third-order valence-electron chi connectivity index (χ3n) is 4.35. The van der Waals surface area contributed by atoms with E-state index >= 15 is 0 Å². The van der Waals surface area contributed by atoms with Crippen LogP contribution in [0.5, 0.6) is 0 Å². The fraction of sp³-hybridized carbons (Fsp3) is 0.333. The fourth-order valence-corrected chi connectivity index (χ4v) is 3.56. The molecule has 0 spiro atoms. The molecule has 0 aliphatic carbocycles. The van der Waals surface area contributed by atoms with Crippen LogP contribution < -0.4 is 11.1 Å². The monoisotopic (exact) mass is 385 g/mol. The molecule has 0 fully saturated rings. The van der Waals surface area contributed by atoms with Crippen LogP contribution in [0.4, 0.5) is 0 Å². The Morgan fingerprint density at radius 3 is 2.30 bits per heavy atom. The molecule has 0 unspecified atom stereocenters. The second kappa shape index (κ2) is 10.7. The van der Waals surface area contributed by atoms with Crippen molar-refractivity contribution in [1.29, 1.82) is 0 Å². The summed E-state index contributed by atoms with van der Waals surface area (Å²) in [5.74, 6) is -0.405. The van der Waals surface area contributed by atoms with Crippen molar-refractivity contribution in [2.45, 2.75) is 31.8 Å². The van der Waals surface area contributed by atoms with E-state index in [9.17, 15) is 9.59 Å². The first-order valence-corrected chi connectivity index (χ1v) is 10.1. The molecule has 6 heteroatoms. The molecule has 3 N–H and O–H groups in total. The number of carbonyl (C=O) groups excluding carboxylic acids is 2. The Morgan fingerprint density at radius 1 is 1.00 bits per heavy atom. The van der Waals surface area contributed by atoms with E-state index in [1.165, 1.54) is 17.3 Å². The lowest BCUT2D eigenvalue weighted by Crippen LogP contribution is -2.26. The van der Waals surface area contributed by atoms with Crippen molar-refractivity contribution in [3.63, 3.8) is 0 Å². The summed E-state index contributed by atoms with van der Waals surface area (Å²) in [5.41, 5.74) is 8.11. The van der Waals surface area contributed by atoms with Gasteiger partial charge in [0, 0.05) is 18.0 Å². The number of nitrogens with two attached hydrogens (primary N) is 1. The third kappa shape index (κ3) is 6.41. The van der Waals surface area contributed by atoms with E-state index in [0.717, 1.165) is 30.1 Å². The van der Waals surface area contributed by atoms with Gasteiger partial charge in [-0.2, -0.15) is 0 Å². The number of thioether (sulfide) groups is 1. The fourth-order valence-electron chi connectivity index (χ4n) is 2.77. The zero-order chi connectivity index (χ0) is 19.6. The molecule has 0 aliphatic rings. The average Bonchev–Trinajstić information content (AvgIpc) is 2.69. The normalized spacial score (nSPS) is 10.8. The van der Waals surface area contributed by atoms with Crippen LogP contribution in [0.1, 0.15) is 35.3 Å². The maximum absolute atomic E-state index is 12.7.